The van der Waals surface area contributed by atoms with Crippen LogP contribution < -0.4 is 11.1 Å². The van der Waals surface area contributed by atoms with E-state index in [1.165, 1.54) is 39.0 Å². The summed E-state index contributed by atoms with van der Waals surface area (Å²) in [6.45, 7) is 3.24. The molecule has 1 amide bonds. The lowest BCUT2D eigenvalue weighted by atomic mass is 9.97. The lowest BCUT2D eigenvalue weighted by Gasteiger charge is -2.15. The summed E-state index contributed by atoms with van der Waals surface area (Å²) in [5, 5.41) is 10.4. The fraction of sp³-hybridized carbons (Fsp3) is 0.833. The third-order valence-corrected chi connectivity index (χ3v) is 2.63. The highest BCUT2D eigenvalue weighted by Crippen LogP contribution is 2.14. The second kappa shape index (κ2) is 9.70. The SMILES string of the molecule is CCOC(=O)N[C@@H](C)C(=O)O.NC1CCCCC1. The first-order valence-corrected chi connectivity index (χ1v) is 6.39. The van der Waals surface area contributed by atoms with Crippen molar-refractivity contribution >= 4 is 12.1 Å². The lowest BCUT2D eigenvalue weighted by molar-refractivity contribution is -0.138. The van der Waals surface area contributed by atoms with E-state index in [1.807, 2.05) is 0 Å². The molecule has 0 spiro atoms. The first kappa shape index (κ1) is 16.7. The molecule has 1 rings (SSSR count). The molecule has 1 aliphatic carbocycles. The fourth-order valence-electron chi connectivity index (χ4n) is 1.55. The van der Waals surface area contributed by atoms with Gasteiger partial charge in [0.05, 0.1) is 6.61 Å². The Morgan fingerprint density at radius 1 is 1.39 bits per heavy atom. The van der Waals surface area contributed by atoms with Crippen molar-refractivity contribution in [3.63, 3.8) is 0 Å². The number of carboxylic acid groups (broad SMARTS) is 1. The number of nitrogens with one attached hydrogen (secondary N) is 1. The molecule has 0 aromatic carbocycles. The van der Waals surface area contributed by atoms with Gasteiger partial charge in [0.15, 0.2) is 0 Å². The number of carbonyl (C=O) groups is 2. The number of carboxylic acids is 1. The van der Waals surface area contributed by atoms with Gasteiger partial charge >= 0.3 is 12.1 Å². The zero-order valence-electron chi connectivity index (χ0n) is 11.1. The molecule has 4 N–H and O–H groups in total. The number of nitrogens with two attached hydrogens (primary N) is 1. The molecule has 1 aliphatic rings. The number of alkyl carbamates (subject to hydrolysis) is 1. The lowest BCUT2D eigenvalue weighted by Crippen LogP contribution is -2.38. The summed E-state index contributed by atoms with van der Waals surface area (Å²) >= 11 is 0. The van der Waals surface area contributed by atoms with E-state index in [1.54, 1.807) is 6.92 Å². The summed E-state index contributed by atoms with van der Waals surface area (Å²) in [4.78, 5) is 20.7. The van der Waals surface area contributed by atoms with E-state index in [0.29, 0.717) is 6.04 Å². The van der Waals surface area contributed by atoms with E-state index in [-0.39, 0.29) is 6.61 Å². The molecule has 106 valence electrons. The van der Waals surface area contributed by atoms with Crippen molar-refractivity contribution in [3.05, 3.63) is 0 Å². The molecular formula is C12H24N2O4. The molecular weight excluding hydrogens is 236 g/mol. The fourth-order valence-corrected chi connectivity index (χ4v) is 1.55. The first-order valence-electron chi connectivity index (χ1n) is 6.39. The van der Waals surface area contributed by atoms with Gasteiger partial charge in [-0.2, -0.15) is 0 Å². The molecule has 0 bridgehead atoms. The molecule has 6 nitrogen and oxygen atoms in total. The summed E-state index contributed by atoms with van der Waals surface area (Å²) in [5.74, 6) is -1.09. The smallest absolute Gasteiger partial charge is 0.407 e. The Morgan fingerprint density at radius 2 is 1.94 bits per heavy atom. The van der Waals surface area contributed by atoms with Crippen molar-refractivity contribution in [2.45, 2.75) is 58.0 Å². The van der Waals surface area contributed by atoms with Gasteiger partial charge in [0.1, 0.15) is 6.04 Å². The Bertz CT molecular complexity index is 252. The van der Waals surface area contributed by atoms with Gasteiger partial charge in [0, 0.05) is 6.04 Å². The third-order valence-electron chi connectivity index (χ3n) is 2.63. The maximum atomic E-state index is 10.6. The molecule has 0 unspecified atom stereocenters. The molecule has 0 aromatic rings. The van der Waals surface area contributed by atoms with Crippen LogP contribution in [0.4, 0.5) is 4.79 Å². The molecule has 0 aromatic heterocycles. The van der Waals surface area contributed by atoms with Gasteiger partial charge in [-0.3, -0.25) is 4.79 Å². The van der Waals surface area contributed by atoms with Gasteiger partial charge in [-0.1, -0.05) is 19.3 Å². The van der Waals surface area contributed by atoms with Gasteiger partial charge in [0.25, 0.3) is 0 Å². The Labute approximate surface area is 108 Å². The minimum atomic E-state index is -1.09. The molecule has 1 fully saturated rings. The van der Waals surface area contributed by atoms with Gasteiger partial charge in [-0.05, 0) is 26.7 Å². The molecule has 0 radical (unpaired) electrons. The Morgan fingerprint density at radius 3 is 2.28 bits per heavy atom. The maximum absolute atomic E-state index is 10.6. The molecule has 0 heterocycles. The molecule has 6 heteroatoms. The second-order valence-corrected chi connectivity index (χ2v) is 4.32. The number of hydrogen-bond donors (Lipinski definition) is 3. The molecule has 18 heavy (non-hydrogen) atoms. The van der Waals surface area contributed by atoms with Crippen LogP contribution in [0.2, 0.25) is 0 Å². The number of ether oxygens (including phenoxy) is 1. The van der Waals surface area contributed by atoms with Crippen LogP contribution in [-0.2, 0) is 9.53 Å². The van der Waals surface area contributed by atoms with Crippen molar-refractivity contribution in [1.82, 2.24) is 5.32 Å². The van der Waals surface area contributed by atoms with Gasteiger partial charge in [0.2, 0.25) is 0 Å². The van der Waals surface area contributed by atoms with E-state index in [0.717, 1.165) is 0 Å². The van der Waals surface area contributed by atoms with Crippen LogP contribution in [0.5, 0.6) is 0 Å². The summed E-state index contributed by atoms with van der Waals surface area (Å²) < 4.78 is 4.45. The zero-order valence-corrected chi connectivity index (χ0v) is 11.1. The summed E-state index contributed by atoms with van der Waals surface area (Å²) in [6.07, 6.45) is 5.96. The van der Waals surface area contributed by atoms with E-state index in [4.69, 9.17) is 10.8 Å². The first-order chi connectivity index (χ1) is 8.47. The highest BCUT2D eigenvalue weighted by Gasteiger charge is 2.13. The van der Waals surface area contributed by atoms with Crippen molar-refractivity contribution in [2.24, 2.45) is 5.73 Å². The summed E-state index contributed by atoms with van der Waals surface area (Å²) in [7, 11) is 0. The van der Waals surface area contributed by atoms with Crippen LogP contribution in [0, 0.1) is 0 Å². The monoisotopic (exact) mass is 260 g/mol. The van der Waals surface area contributed by atoms with Gasteiger partial charge in [-0.15, -0.1) is 0 Å². The van der Waals surface area contributed by atoms with Crippen LogP contribution in [0.1, 0.15) is 46.0 Å². The van der Waals surface area contributed by atoms with E-state index in [2.05, 4.69) is 10.1 Å². The average molecular weight is 260 g/mol. The predicted molar refractivity (Wildman–Crippen MR) is 68.3 cm³/mol. The normalized spacial score (nSPS) is 17.1. The van der Waals surface area contributed by atoms with Crippen LogP contribution in [0.25, 0.3) is 0 Å². The van der Waals surface area contributed by atoms with Crippen molar-refractivity contribution in [2.75, 3.05) is 6.61 Å². The zero-order chi connectivity index (χ0) is 14.0. The van der Waals surface area contributed by atoms with Gasteiger partial charge < -0.3 is 20.9 Å². The highest BCUT2D eigenvalue weighted by atomic mass is 16.5. The minimum absolute atomic E-state index is 0.234. The largest absolute Gasteiger partial charge is 0.480 e. The average Bonchev–Trinajstić information content (AvgIpc) is 2.30. The van der Waals surface area contributed by atoms with Gasteiger partial charge in [-0.25, -0.2) is 4.79 Å². The Hall–Kier alpha value is -1.30. The number of amides is 1. The summed E-state index contributed by atoms with van der Waals surface area (Å²) in [6, 6.07) is -0.372. The minimum Gasteiger partial charge on any atom is -0.480 e. The quantitative estimate of drug-likeness (QED) is 0.713. The van der Waals surface area contributed by atoms with Crippen LogP contribution >= 0.6 is 0 Å². The van der Waals surface area contributed by atoms with Crippen LogP contribution in [-0.4, -0.2) is 35.9 Å². The molecule has 1 atom stereocenters. The van der Waals surface area contributed by atoms with Crippen molar-refractivity contribution in [3.8, 4) is 0 Å². The topological polar surface area (TPSA) is 102 Å². The van der Waals surface area contributed by atoms with E-state index < -0.39 is 18.1 Å². The Kier molecular flexibility index (Phi) is 9.00. The van der Waals surface area contributed by atoms with E-state index in [9.17, 15) is 9.59 Å². The molecule has 0 saturated heterocycles. The highest BCUT2D eigenvalue weighted by molar-refractivity contribution is 5.79. The number of rotatable bonds is 3. The molecule has 0 aliphatic heterocycles. The third kappa shape index (κ3) is 8.81. The van der Waals surface area contributed by atoms with Crippen LogP contribution in [0.15, 0.2) is 0 Å². The second-order valence-electron chi connectivity index (χ2n) is 4.32. The van der Waals surface area contributed by atoms with Crippen LogP contribution in [0.3, 0.4) is 0 Å². The number of hydrogen-bond acceptors (Lipinski definition) is 4. The maximum Gasteiger partial charge on any atom is 0.407 e. The molecule has 1 saturated carbocycles. The number of aliphatic carboxylic acids is 1. The van der Waals surface area contributed by atoms with Crippen molar-refractivity contribution < 1.29 is 19.4 Å². The van der Waals surface area contributed by atoms with Crippen molar-refractivity contribution in [1.29, 1.82) is 0 Å². The number of carbonyl (C=O) groups excluding carboxylic acids is 1. The predicted octanol–water partition coefficient (Wildman–Crippen LogP) is 1.48. The summed E-state index contributed by atoms with van der Waals surface area (Å²) in [5.41, 5.74) is 5.63. The van der Waals surface area contributed by atoms with E-state index >= 15 is 0 Å². The Balaban J connectivity index is 0.000000351. The standard InChI is InChI=1S/C6H11NO4.C6H13N/c1-3-11-6(10)7-4(2)5(8)9;7-6-4-2-1-3-5-6/h4H,3H2,1-2H3,(H,7,10)(H,8,9);6H,1-5,7H2/t4-;/m0./s1.